The molecular weight excluding hydrogens is 388 g/mol. The van der Waals surface area contributed by atoms with Gasteiger partial charge in [0.2, 0.25) is 0 Å². The zero-order valence-corrected chi connectivity index (χ0v) is 13.0. The molecule has 0 spiro atoms. The van der Waals surface area contributed by atoms with E-state index in [4.69, 9.17) is 4.74 Å². The fourth-order valence-corrected chi connectivity index (χ4v) is 2.11. The van der Waals surface area contributed by atoms with Crippen LogP contribution in [0.15, 0.2) is 48.5 Å². The molecule has 0 saturated heterocycles. The zero-order valence-electron chi connectivity index (χ0n) is 10.8. The minimum absolute atomic E-state index is 0.195. The van der Waals surface area contributed by atoms with Crippen molar-refractivity contribution in [2.45, 2.75) is 0 Å². The molecule has 0 aliphatic carbocycles. The van der Waals surface area contributed by atoms with E-state index < -0.39 is 24.3 Å². The molecule has 0 heterocycles. The molecule has 2 aromatic carbocycles. The third-order valence-corrected chi connectivity index (χ3v) is 3.52. The number of halogens is 2. The van der Waals surface area contributed by atoms with Crippen molar-refractivity contribution >= 4 is 40.2 Å². The Morgan fingerprint density at radius 1 is 1.10 bits per heavy atom. The van der Waals surface area contributed by atoms with Crippen LogP contribution in [0.5, 0.6) is 0 Å². The standard InChI is InChI=1S/C15H11FINO3/c16-11-6-2-1-5-10(11)15(20)21-9-14(19)18-13-8-4-3-7-12(13)17/h1-8H,9H2,(H,18,19). The lowest BCUT2D eigenvalue weighted by Crippen LogP contribution is -2.21. The van der Waals surface area contributed by atoms with Gasteiger partial charge >= 0.3 is 5.97 Å². The molecule has 1 N–H and O–H groups in total. The van der Waals surface area contributed by atoms with E-state index in [1.54, 1.807) is 12.1 Å². The average molecular weight is 399 g/mol. The van der Waals surface area contributed by atoms with Crippen LogP contribution in [0.1, 0.15) is 10.4 Å². The summed E-state index contributed by atoms with van der Waals surface area (Å²) in [5, 5.41) is 2.61. The summed E-state index contributed by atoms with van der Waals surface area (Å²) < 4.78 is 19.0. The minimum atomic E-state index is -0.869. The Morgan fingerprint density at radius 3 is 2.48 bits per heavy atom. The molecule has 0 fully saturated rings. The van der Waals surface area contributed by atoms with E-state index >= 15 is 0 Å². The Balaban J connectivity index is 1.91. The SMILES string of the molecule is O=C(COC(=O)c1ccccc1F)Nc1ccccc1I. The van der Waals surface area contributed by atoms with E-state index in [1.807, 2.05) is 12.1 Å². The summed E-state index contributed by atoms with van der Waals surface area (Å²) in [6.07, 6.45) is 0. The molecule has 0 aliphatic rings. The predicted octanol–water partition coefficient (Wildman–Crippen LogP) is 3.23. The molecule has 0 aliphatic heterocycles. The molecular formula is C15H11FINO3. The molecule has 1 amide bonds. The number of nitrogens with one attached hydrogen (secondary N) is 1. The van der Waals surface area contributed by atoms with Gasteiger partial charge in [0.05, 0.1) is 11.3 Å². The van der Waals surface area contributed by atoms with E-state index in [0.717, 1.165) is 9.64 Å². The highest BCUT2D eigenvalue weighted by molar-refractivity contribution is 14.1. The lowest BCUT2D eigenvalue weighted by Gasteiger charge is -2.08. The van der Waals surface area contributed by atoms with Crippen LogP contribution in [0.4, 0.5) is 10.1 Å². The summed E-state index contributed by atoms with van der Waals surface area (Å²) in [5.74, 6) is -2.03. The largest absolute Gasteiger partial charge is 0.452 e. The maximum absolute atomic E-state index is 13.4. The third-order valence-electron chi connectivity index (χ3n) is 2.58. The van der Waals surface area contributed by atoms with Crippen molar-refractivity contribution in [1.82, 2.24) is 0 Å². The smallest absolute Gasteiger partial charge is 0.341 e. The molecule has 6 heteroatoms. The van der Waals surface area contributed by atoms with Gasteiger partial charge in [-0.3, -0.25) is 4.79 Å². The summed E-state index contributed by atoms with van der Waals surface area (Å²) in [7, 11) is 0. The van der Waals surface area contributed by atoms with Crippen LogP contribution in [0.3, 0.4) is 0 Å². The highest BCUT2D eigenvalue weighted by Gasteiger charge is 2.14. The summed E-state index contributed by atoms with van der Waals surface area (Å²) in [4.78, 5) is 23.3. The zero-order chi connectivity index (χ0) is 15.2. The number of carbonyl (C=O) groups is 2. The van der Waals surface area contributed by atoms with Crippen LogP contribution < -0.4 is 5.32 Å². The van der Waals surface area contributed by atoms with Crippen LogP contribution in [-0.4, -0.2) is 18.5 Å². The molecule has 0 aromatic heterocycles. The fourth-order valence-electron chi connectivity index (χ4n) is 1.58. The second-order valence-corrected chi connectivity index (χ2v) is 5.25. The van der Waals surface area contributed by atoms with Crippen molar-refractivity contribution in [2.75, 3.05) is 11.9 Å². The Bertz CT molecular complexity index is 675. The maximum Gasteiger partial charge on any atom is 0.341 e. The molecule has 0 radical (unpaired) electrons. The van der Waals surface area contributed by atoms with Crippen LogP contribution >= 0.6 is 22.6 Å². The second-order valence-electron chi connectivity index (χ2n) is 4.08. The van der Waals surface area contributed by atoms with E-state index in [9.17, 15) is 14.0 Å². The van der Waals surface area contributed by atoms with Gasteiger partial charge in [0.25, 0.3) is 5.91 Å². The maximum atomic E-state index is 13.4. The normalized spacial score (nSPS) is 10.0. The first-order valence-electron chi connectivity index (χ1n) is 6.04. The Hall–Kier alpha value is -1.96. The van der Waals surface area contributed by atoms with Crippen LogP contribution in [-0.2, 0) is 9.53 Å². The lowest BCUT2D eigenvalue weighted by molar-refractivity contribution is -0.119. The van der Waals surface area contributed by atoms with Crippen molar-refractivity contribution in [3.63, 3.8) is 0 Å². The second kappa shape index (κ2) is 7.16. The first-order chi connectivity index (χ1) is 10.1. The van der Waals surface area contributed by atoms with E-state index in [1.165, 1.54) is 18.2 Å². The predicted molar refractivity (Wildman–Crippen MR) is 84.5 cm³/mol. The number of hydrogen-bond acceptors (Lipinski definition) is 3. The van der Waals surface area contributed by atoms with Crippen LogP contribution in [0.2, 0.25) is 0 Å². The van der Waals surface area contributed by atoms with E-state index in [2.05, 4.69) is 27.9 Å². The number of anilines is 1. The van der Waals surface area contributed by atoms with Gasteiger partial charge in [0.1, 0.15) is 5.82 Å². The number of rotatable bonds is 4. The van der Waals surface area contributed by atoms with Gasteiger partial charge in [-0.25, -0.2) is 9.18 Å². The quantitative estimate of drug-likeness (QED) is 0.635. The highest BCUT2D eigenvalue weighted by Crippen LogP contribution is 2.16. The van der Waals surface area contributed by atoms with Crippen molar-refractivity contribution in [1.29, 1.82) is 0 Å². The fraction of sp³-hybridized carbons (Fsp3) is 0.0667. The Kier molecular flexibility index (Phi) is 5.26. The number of esters is 1. The van der Waals surface area contributed by atoms with E-state index in [0.29, 0.717) is 5.69 Å². The van der Waals surface area contributed by atoms with E-state index in [-0.39, 0.29) is 5.56 Å². The highest BCUT2D eigenvalue weighted by atomic mass is 127. The van der Waals surface area contributed by atoms with Crippen LogP contribution in [0, 0.1) is 9.39 Å². The van der Waals surface area contributed by atoms with Gasteiger partial charge in [0.15, 0.2) is 6.61 Å². The van der Waals surface area contributed by atoms with Crippen molar-refractivity contribution in [3.05, 3.63) is 63.5 Å². The summed E-state index contributed by atoms with van der Waals surface area (Å²) in [6.45, 7) is -0.474. The minimum Gasteiger partial charge on any atom is -0.452 e. The van der Waals surface area contributed by atoms with Gasteiger partial charge in [-0.15, -0.1) is 0 Å². The first-order valence-corrected chi connectivity index (χ1v) is 7.12. The molecule has 0 unspecified atom stereocenters. The van der Waals surface area contributed by atoms with Crippen molar-refractivity contribution in [2.24, 2.45) is 0 Å². The molecule has 0 saturated carbocycles. The monoisotopic (exact) mass is 399 g/mol. The number of carbonyl (C=O) groups excluding carboxylic acids is 2. The molecule has 2 rings (SSSR count). The molecule has 2 aromatic rings. The van der Waals surface area contributed by atoms with Gasteiger partial charge in [-0.2, -0.15) is 0 Å². The van der Waals surface area contributed by atoms with Crippen molar-refractivity contribution < 1.29 is 18.7 Å². The Labute approximate surface area is 134 Å². The molecule has 0 atom stereocenters. The number of ether oxygens (including phenoxy) is 1. The van der Waals surface area contributed by atoms with Gasteiger partial charge in [0, 0.05) is 3.57 Å². The van der Waals surface area contributed by atoms with Gasteiger partial charge in [-0.1, -0.05) is 24.3 Å². The molecule has 0 bridgehead atoms. The molecule has 21 heavy (non-hydrogen) atoms. The molecule has 108 valence electrons. The van der Waals surface area contributed by atoms with Crippen LogP contribution in [0.25, 0.3) is 0 Å². The summed E-state index contributed by atoms with van der Waals surface area (Å²) in [6, 6.07) is 12.6. The molecule has 4 nitrogen and oxygen atoms in total. The van der Waals surface area contributed by atoms with Crippen molar-refractivity contribution in [3.8, 4) is 0 Å². The third kappa shape index (κ3) is 4.25. The number of para-hydroxylation sites is 1. The summed E-state index contributed by atoms with van der Waals surface area (Å²) >= 11 is 2.08. The number of benzene rings is 2. The van der Waals surface area contributed by atoms with Gasteiger partial charge < -0.3 is 10.1 Å². The number of amides is 1. The topological polar surface area (TPSA) is 55.4 Å². The first kappa shape index (κ1) is 15.4. The number of hydrogen-bond donors (Lipinski definition) is 1. The Morgan fingerprint density at radius 2 is 1.76 bits per heavy atom. The summed E-state index contributed by atoms with van der Waals surface area (Å²) in [5.41, 5.74) is 0.435. The lowest BCUT2D eigenvalue weighted by atomic mass is 10.2. The van der Waals surface area contributed by atoms with Gasteiger partial charge in [-0.05, 0) is 46.9 Å². The average Bonchev–Trinajstić information content (AvgIpc) is 2.48.